The standard InChI is InChI=1S/C20H16Cl3N3O2/c1-12-2-4-13(5-3-12)24-11-20(27)26-25-10-14-6-7-19(28-14)15-8-17(22)18(23)9-16(15)21/h2-10,24H,11H2,1H3,(H,26,27). The van der Waals surface area contributed by atoms with Crippen LogP contribution in [0.15, 0.2) is 58.0 Å². The van der Waals surface area contributed by atoms with Crippen LogP contribution in [0.3, 0.4) is 0 Å². The van der Waals surface area contributed by atoms with Gasteiger partial charge in [0.15, 0.2) is 0 Å². The number of hydrazone groups is 1. The van der Waals surface area contributed by atoms with Crippen molar-refractivity contribution in [1.82, 2.24) is 5.43 Å². The van der Waals surface area contributed by atoms with Gasteiger partial charge in [-0.2, -0.15) is 5.10 Å². The topological polar surface area (TPSA) is 66.6 Å². The fourth-order valence-electron chi connectivity index (χ4n) is 2.34. The predicted molar refractivity (Wildman–Crippen MR) is 115 cm³/mol. The number of rotatable bonds is 6. The van der Waals surface area contributed by atoms with Gasteiger partial charge in [0.05, 0.1) is 27.8 Å². The van der Waals surface area contributed by atoms with Gasteiger partial charge < -0.3 is 9.73 Å². The first-order chi connectivity index (χ1) is 13.4. The minimum Gasteiger partial charge on any atom is -0.455 e. The number of aryl methyl sites for hydroxylation is 1. The van der Waals surface area contributed by atoms with E-state index in [-0.39, 0.29) is 12.5 Å². The fraction of sp³-hybridized carbons (Fsp3) is 0.100. The van der Waals surface area contributed by atoms with E-state index < -0.39 is 0 Å². The Hall–Kier alpha value is -2.47. The van der Waals surface area contributed by atoms with E-state index in [4.69, 9.17) is 39.2 Å². The summed E-state index contributed by atoms with van der Waals surface area (Å²) in [5.41, 5.74) is 5.06. The summed E-state index contributed by atoms with van der Waals surface area (Å²) in [6.45, 7) is 2.10. The van der Waals surface area contributed by atoms with E-state index in [2.05, 4.69) is 15.8 Å². The zero-order chi connectivity index (χ0) is 20.1. The molecular formula is C20H16Cl3N3O2. The Morgan fingerprint density at radius 2 is 1.75 bits per heavy atom. The Bertz CT molecular complexity index is 1010. The highest BCUT2D eigenvalue weighted by atomic mass is 35.5. The minimum atomic E-state index is -0.281. The lowest BCUT2D eigenvalue weighted by Crippen LogP contribution is -2.25. The third kappa shape index (κ3) is 5.29. The summed E-state index contributed by atoms with van der Waals surface area (Å²) < 4.78 is 5.67. The summed E-state index contributed by atoms with van der Waals surface area (Å²) in [4.78, 5) is 11.9. The van der Waals surface area contributed by atoms with Crippen molar-refractivity contribution in [3.05, 3.63) is 74.9 Å². The number of anilines is 1. The first-order valence-corrected chi connectivity index (χ1v) is 9.43. The highest BCUT2D eigenvalue weighted by Gasteiger charge is 2.11. The molecule has 1 amide bonds. The highest BCUT2D eigenvalue weighted by Crippen LogP contribution is 2.35. The van der Waals surface area contributed by atoms with Crippen molar-refractivity contribution in [3.63, 3.8) is 0 Å². The summed E-state index contributed by atoms with van der Waals surface area (Å²) in [5, 5.41) is 8.07. The summed E-state index contributed by atoms with van der Waals surface area (Å²) in [5.74, 6) is 0.678. The number of amides is 1. The predicted octanol–water partition coefficient (Wildman–Crippen LogP) is 5.78. The average Bonchev–Trinajstić information content (AvgIpc) is 3.13. The molecule has 0 aliphatic heterocycles. The van der Waals surface area contributed by atoms with Gasteiger partial charge >= 0.3 is 0 Å². The van der Waals surface area contributed by atoms with Crippen molar-refractivity contribution in [2.24, 2.45) is 5.10 Å². The van der Waals surface area contributed by atoms with Crippen molar-refractivity contribution >= 4 is 52.6 Å². The fourth-order valence-corrected chi connectivity index (χ4v) is 2.98. The van der Waals surface area contributed by atoms with Crippen LogP contribution in [0.1, 0.15) is 11.3 Å². The van der Waals surface area contributed by atoms with E-state index in [1.807, 2.05) is 31.2 Å². The lowest BCUT2D eigenvalue weighted by atomic mass is 10.2. The minimum absolute atomic E-state index is 0.0999. The summed E-state index contributed by atoms with van der Waals surface area (Å²) in [7, 11) is 0. The molecule has 3 aromatic rings. The first-order valence-electron chi connectivity index (χ1n) is 8.29. The van der Waals surface area contributed by atoms with Crippen molar-refractivity contribution in [2.45, 2.75) is 6.92 Å². The SMILES string of the molecule is Cc1ccc(NCC(=O)NN=Cc2ccc(-c3cc(Cl)c(Cl)cc3Cl)o2)cc1. The molecule has 1 heterocycles. The van der Waals surface area contributed by atoms with Gasteiger partial charge in [-0.15, -0.1) is 0 Å². The molecule has 0 bridgehead atoms. The summed E-state index contributed by atoms with van der Waals surface area (Å²) >= 11 is 18.1. The quantitative estimate of drug-likeness (QED) is 0.292. The zero-order valence-corrected chi connectivity index (χ0v) is 17.1. The van der Waals surface area contributed by atoms with Crippen molar-refractivity contribution in [2.75, 3.05) is 11.9 Å². The molecule has 0 spiro atoms. The Morgan fingerprint density at radius 1 is 1.04 bits per heavy atom. The van der Waals surface area contributed by atoms with Crippen LogP contribution in [0, 0.1) is 6.92 Å². The largest absolute Gasteiger partial charge is 0.455 e. The highest BCUT2D eigenvalue weighted by molar-refractivity contribution is 6.44. The molecule has 0 unspecified atom stereocenters. The number of benzene rings is 2. The molecule has 2 aromatic carbocycles. The van der Waals surface area contributed by atoms with Crippen molar-refractivity contribution in [3.8, 4) is 11.3 Å². The number of carbonyl (C=O) groups excluding carboxylic acids is 1. The number of furan rings is 1. The van der Waals surface area contributed by atoms with Gasteiger partial charge in [0, 0.05) is 11.3 Å². The van der Waals surface area contributed by atoms with E-state index >= 15 is 0 Å². The third-order valence-electron chi connectivity index (χ3n) is 3.79. The Balaban J connectivity index is 1.56. The molecule has 144 valence electrons. The van der Waals surface area contributed by atoms with Gasteiger partial charge in [0.25, 0.3) is 5.91 Å². The van der Waals surface area contributed by atoms with Gasteiger partial charge in [-0.05, 0) is 43.3 Å². The van der Waals surface area contributed by atoms with Crippen LogP contribution in [0.4, 0.5) is 5.69 Å². The third-order valence-corrected chi connectivity index (χ3v) is 4.82. The van der Waals surface area contributed by atoms with Crippen LogP contribution in [-0.2, 0) is 4.79 Å². The summed E-state index contributed by atoms with van der Waals surface area (Å²) in [6.07, 6.45) is 1.40. The number of hydrogen-bond acceptors (Lipinski definition) is 4. The lowest BCUT2D eigenvalue weighted by molar-refractivity contribution is -0.119. The molecule has 8 heteroatoms. The number of nitrogens with zero attached hydrogens (tertiary/aromatic N) is 1. The molecule has 3 rings (SSSR count). The van der Waals surface area contributed by atoms with Gasteiger partial charge in [-0.1, -0.05) is 52.5 Å². The monoisotopic (exact) mass is 435 g/mol. The molecule has 0 aliphatic carbocycles. The number of carbonyl (C=O) groups is 1. The smallest absolute Gasteiger partial charge is 0.259 e. The average molecular weight is 437 g/mol. The first kappa shape index (κ1) is 20.3. The van der Waals surface area contributed by atoms with Gasteiger partial charge in [0.1, 0.15) is 11.5 Å². The molecule has 0 atom stereocenters. The van der Waals surface area contributed by atoms with Crippen LogP contribution in [0.5, 0.6) is 0 Å². The molecular weight excluding hydrogens is 421 g/mol. The van der Waals surface area contributed by atoms with Crippen molar-refractivity contribution < 1.29 is 9.21 Å². The number of hydrogen-bond donors (Lipinski definition) is 2. The van der Waals surface area contributed by atoms with E-state index in [9.17, 15) is 4.79 Å². The molecule has 0 fully saturated rings. The van der Waals surface area contributed by atoms with E-state index in [1.165, 1.54) is 6.21 Å². The Kier molecular flexibility index (Phi) is 6.62. The lowest BCUT2D eigenvalue weighted by Gasteiger charge is -2.05. The molecule has 0 aliphatic rings. The molecule has 28 heavy (non-hydrogen) atoms. The van der Waals surface area contributed by atoms with Crippen LogP contribution < -0.4 is 10.7 Å². The van der Waals surface area contributed by atoms with Crippen LogP contribution >= 0.6 is 34.8 Å². The summed E-state index contributed by atoms with van der Waals surface area (Å²) in [6, 6.07) is 14.4. The van der Waals surface area contributed by atoms with E-state index in [1.54, 1.807) is 24.3 Å². The molecule has 2 N–H and O–H groups in total. The molecule has 5 nitrogen and oxygen atoms in total. The second-order valence-corrected chi connectivity index (χ2v) is 7.18. The number of nitrogens with one attached hydrogen (secondary N) is 2. The van der Waals surface area contributed by atoms with Gasteiger partial charge in [0.2, 0.25) is 0 Å². The number of halogens is 3. The normalized spacial score (nSPS) is 11.0. The second kappa shape index (κ2) is 9.15. The van der Waals surface area contributed by atoms with Crippen LogP contribution in [-0.4, -0.2) is 18.7 Å². The van der Waals surface area contributed by atoms with Gasteiger partial charge in [-0.3, -0.25) is 4.79 Å². The van der Waals surface area contributed by atoms with Crippen molar-refractivity contribution in [1.29, 1.82) is 0 Å². The maximum Gasteiger partial charge on any atom is 0.259 e. The van der Waals surface area contributed by atoms with E-state index in [0.29, 0.717) is 32.2 Å². The van der Waals surface area contributed by atoms with Gasteiger partial charge in [-0.25, -0.2) is 5.43 Å². The Labute approximate surface area is 177 Å². The molecule has 1 aromatic heterocycles. The molecule has 0 radical (unpaired) electrons. The molecule has 0 saturated carbocycles. The second-order valence-electron chi connectivity index (χ2n) is 5.96. The van der Waals surface area contributed by atoms with E-state index in [0.717, 1.165) is 11.3 Å². The maximum atomic E-state index is 11.9. The van der Waals surface area contributed by atoms with Crippen LogP contribution in [0.2, 0.25) is 15.1 Å². The molecule has 0 saturated heterocycles. The maximum absolute atomic E-state index is 11.9. The van der Waals surface area contributed by atoms with Crippen LogP contribution in [0.25, 0.3) is 11.3 Å². The zero-order valence-electron chi connectivity index (χ0n) is 14.8. The Morgan fingerprint density at radius 3 is 2.50 bits per heavy atom.